The van der Waals surface area contributed by atoms with Crippen molar-refractivity contribution < 1.29 is 23.1 Å². The lowest BCUT2D eigenvalue weighted by atomic mass is 9.67. The van der Waals surface area contributed by atoms with Gasteiger partial charge in [0.1, 0.15) is 5.69 Å². The van der Waals surface area contributed by atoms with Crippen LogP contribution in [0.25, 0.3) is 0 Å². The highest BCUT2D eigenvalue weighted by atomic mass is 127. The zero-order valence-corrected chi connectivity index (χ0v) is 13.5. The van der Waals surface area contributed by atoms with Crippen LogP contribution >= 0.6 is 22.6 Å². The molecule has 116 valence electrons. The number of rotatable bonds is 4. The Balaban J connectivity index is 1.93. The molecule has 0 aliphatic heterocycles. The third kappa shape index (κ3) is 2.55. The molecule has 1 aromatic rings. The maximum atomic E-state index is 14.2. The van der Waals surface area contributed by atoms with Gasteiger partial charge in [-0.05, 0) is 40.8 Å². The van der Waals surface area contributed by atoms with E-state index < -0.39 is 23.0 Å². The van der Waals surface area contributed by atoms with Crippen LogP contribution in [0.3, 0.4) is 0 Å². The molecule has 1 N–H and O–H groups in total. The number of carboxylic acid groups (broad SMARTS) is 1. The largest absolute Gasteiger partial charge is 0.476 e. The minimum absolute atomic E-state index is 0.0658. The predicted molar refractivity (Wildman–Crippen MR) is 76.2 cm³/mol. The summed E-state index contributed by atoms with van der Waals surface area (Å²) < 4.78 is 41.8. The standard InChI is InChI=1S/C13H14F3IN2O2/c1-11(4-13(15,16)5-11)6-19-8(10(20)21)7(17)9(18-19)12(14)2-3-12/h2-6H2,1H3,(H,20,21). The van der Waals surface area contributed by atoms with Crippen LogP contribution in [0.2, 0.25) is 0 Å². The fraction of sp³-hybridized carbons (Fsp3) is 0.692. The summed E-state index contributed by atoms with van der Waals surface area (Å²) in [4.78, 5) is 11.4. The molecule has 3 rings (SSSR count). The van der Waals surface area contributed by atoms with E-state index in [0.29, 0.717) is 12.8 Å². The van der Waals surface area contributed by atoms with Crippen molar-refractivity contribution in [3.63, 3.8) is 0 Å². The van der Waals surface area contributed by atoms with Gasteiger partial charge in [0.2, 0.25) is 5.92 Å². The quantitative estimate of drug-likeness (QED) is 0.767. The number of halogens is 4. The molecular weight excluding hydrogens is 400 g/mol. The van der Waals surface area contributed by atoms with E-state index in [-0.39, 0.29) is 34.3 Å². The average Bonchev–Trinajstić information content (AvgIpc) is 2.92. The summed E-state index contributed by atoms with van der Waals surface area (Å²) in [6, 6.07) is 0. The fourth-order valence-electron chi connectivity index (χ4n) is 3.06. The highest BCUT2D eigenvalue weighted by Crippen LogP contribution is 2.54. The highest BCUT2D eigenvalue weighted by molar-refractivity contribution is 14.1. The Morgan fingerprint density at radius 3 is 2.38 bits per heavy atom. The third-order valence-corrected chi connectivity index (χ3v) is 5.13. The number of aromatic nitrogens is 2. The van der Waals surface area contributed by atoms with Gasteiger partial charge in [-0.2, -0.15) is 5.10 Å². The SMILES string of the molecule is CC1(Cn2nc(C3(F)CC3)c(I)c2C(=O)O)CC(F)(F)C1. The second-order valence-corrected chi connectivity index (χ2v) is 7.54. The molecule has 1 heterocycles. The second kappa shape index (κ2) is 4.36. The molecule has 2 aliphatic carbocycles. The van der Waals surface area contributed by atoms with Gasteiger partial charge in [-0.25, -0.2) is 18.0 Å². The van der Waals surface area contributed by atoms with Crippen molar-refractivity contribution >= 4 is 28.6 Å². The summed E-state index contributed by atoms with van der Waals surface area (Å²) >= 11 is 1.78. The lowest BCUT2D eigenvalue weighted by molar-refractivity contribution is -0.160. The first-order valence-electron chi connectivity index (χ1n) is 6.62. The van der Waals surface area contributed by atoms with Gasteiger partial charge in [0.25, 0.3) is 0 Å². The molecule has 2 fully saturated rings. The van der Waals surface area contributed by atoms with Crippen LogP contribution in [0, 0.1) is 8.99 Å². The first-order valence-corrected chi connectivity index (χ1v) is 7.70. The van der Waals surface area contributed by atoms with Crippen molar-refractivity contribution in [3.05, 3.63) is 15.0 Å². The summed E-state index contributed by atoms with van der Waals surface area (Å²) in [5.74, 6) is -3.91. The zero-order valence-electron chi connectivity index (χ0n) is 11.3. The topological polar surface area (TPSA) is 55.1 Å². The lowest BCUT2D eigenvalue weighted by Gasteiger charge is -2.44. The smallest absolute Gasteiger partial charge is 0.355 e. The Kier molecular flexibility index (Phi) is 3.14. The van der Waals surface area contributed by atoms with E-state index in [0.717, 1.165) is 0 Å². The van der Waals surface area contributed by atoms with Crippen molar-refractivity contribution in [2.24, 2.45) is 5.41 Å². The van der Waals surface area contributed by atoms with Crippen LogP contribution < -0.4 is 0 Å². The van der Waals surface area contributed by atoms with Crippen molar-refractivity contribution in [1.82, 2.24) is 9.78 Å². The first kappa shape index (κ1) is 15.1. The first-order chi connectivity index (χ1) is 9.55. The van der Waals surface area contributed by atoms with Gasteiger partial charge in [0.05, 0.1) is 3.57 Å². The van der Waals surface area contributed by atoms with Crippen molar-refractivity contribution in [2.45, 2.75) is 50.7 Å². The molecule has 0 radical (unpaired) electrons. The molecule has 21 heavy (non-hydrogen) atoms. The molecule has 0 amide bonds. The van der Waals surface area contributed by atoms with E-state index in [1.165, 1.54) is 4.68 Å². The molecule has 4 nitrogen and oxygen atoms in total. The van der Waals surface area contributed by atoms with Crippen LogP contribution in [0.1, 0.15) is 48.8 Å². The van der Waals surface area contributed by atoms with Gasteiger partial charge in [0, 0.05) is 19.4 Å². The Labute approximate surface area is 132 Å². The summed E-state index contributed by atoms with van der Waals surface area (Å²) in [6.45, 7) is 1.74. The van der Waals surface area contributed by atoms with Crippen LogP contribution in [0.5, 0.6) is 0 Å². The van der Waals surface area contributed by atoms with Crippen LogP contribution in [0.15, 0.2) is 0 Å². The zero-order chi connectivity index (χ0) is 15.6. The normalized spacial score (nSPS) is 24.4. The van der Waals surface area contributed by atoms with Gasteiger partial charge in [0.15, 0.2) is 11.4 Å². The number of aromatic carboxylic acids is 1. The Morgan fingerprint density at radius 1 is 1.38 bits per heavy atom. The monoisotopic (exact) mass is 414 g/mol. The Hall–Kier alpha value is -0.800. The summed E-state index contributed by atoms with van der Waals surface area (Å²) in [7, 11) is 0. The third-order valence-electron chi connectivity index (χ3n) is 4.11. The van der Waals surface area contributed by atoms with Crippen LogP contribution in [0.4, 0.5) is 13.2 Å². The molecule has 0 bridgehead atoms. The molecule has 1 aromatic heterocycles. The Morgan fingerprint density at radius 2 is 1.95 bits per heavy atom. The molecule has 0 spiro atoms. The van der Waals surface area contributed by atoms with Crippen molar-refractivity contribution in [1.29, 1.82) is 0 Å². The maximum absolute atomic E-state index is 14.2. The molecular formula is C13H14F3IN2O2. The van der Waals surface area contributed by atoms with Gasteiger partial charge >= 0.3 is 5.97 Å². The molecule has 0 atom stereocenters. The van der Waals surface area contributed by atoms with E-state index in [1.54, 1.807) is 29.5 Å². The number of nitrogens with zero attached hydrogens (tertiary/aromatic N) is 2. The van der Waals surface area contributed by atoms with Gasteiger partial charge in [-0.3, -0.25) is 4.68 Å². The Bertz CT molecular complexity index is 617. The van der Waals surface area contributed by atoms with Crippen molar-refractivity contribution in [2.75, 3.05) is 0 Å². The molecule has 2 saturated carbocycles. The van der Waals surface area contributed by atoms with E-state index in [4.69, 9.17) is 0 Å². The minimum atomic E-state index is -2.70. The number of alkyl halides is 3. The van der Waals surface area contributed by atoms with E-state index >= 15 is 0 Å². The second-order valence-electron chi connectivity index (χ2n) is 6.46. The number of carboxylic acids is 1. The van der Waals surface area contributed by atoms with E-state index in [2.05, 4.69) is 5.10 Å². The van der Waals surface area contributed by atoms with E-state index in [1.807, 2.05) is 0 Å². The molecule has 0 aromatic carbocycles. The fourth-order valence-corrected chi connectivity index (χ4v) is 4.16. The van der Waals surface area contributed by atoms with Crippen LogP contribution in [-0.4, -0.2) is 26.8 Å². The maximum Gasteiger partial charge on any atom is 0.355 e. The van der Waals surface area contributed by atoms with Gasteiger partial charge < -0.3 is 5.11 Å². The molecule has 8 heteroatoms. The van der Waals surface area contributed by atoms with Crippen LogP contribution in [-0.2, 0) is 12.2 Å². The number of carbonyl (C=O) groups is 1. The summed E-state index contributed by atoms with van der Waals surface area (Å²) in [5.41, 5.74) is -2.22. The summed E-state index contributed by atoms with van der Waals surface area (Å²) in [5, 5.41) is 13.4. The predicted octanol–water partition coefficient (Wildman–Crippen LogP) is 3.58. The van der Waals surface area contributed by atoms with Gasteiger partial charge in [-0.15, -0.1) is 0 Å². The summed E-state index contributed by atoms with van der Waals surface area (Å²) in [6.07, 6.45) is 0.0556. The molecule has 2 aliphatic rings. The number of hydrogen-bond donors (Lipinski definition) is 1. The lowest BCUT2D eigenvalue weighted by Crippen LogP contribution is -2.47. The minimum Gasteiger partial charge on any atom is -0.476 e. The molecule has 0 saturated heterocycles. The number of hydrogen-bond acceptors (Lipinski definition) is 2. The van der Waals surface area contributed by atoms with E-state index in [9.17, 15) is 23.1 Å². The van der Waals surface area contributed by atoms with Gasteiger partial charge in [-0.1, -0.05) is 6.92 Å². The average molecular weight is 414 g/mol. The van der Waals surface area contributed by atoms with Crippen molar-refractivity contribution in [3.8, 4) is 0 Å². The molecule has 0 unspecified atom stereocenters. The highest BCUT2D eigenvalue weighted by Gasteiger charge is 2.55.